The van der Waals surface area contributed by atoms with Gasteiger partial charge in [-0.05, 0) is 30.5 Å². The third kappa shape index (κ3) is 4.57. The van der Waals surface area contributed by atoms with Crippen LogP contribution in [0.2, 0.25) is 0 Å². The molecule has 6 heteroatoms. The van der Waals surface area contributed by atoms with Gasteiger partial charge in [-0.2, -0.15) is 0 Å². The first-order chi connectivity index (χ1) is 11.4. The molecule has 0 aromatic heterocycles. The van der Waals surface area contributed by atoms with Gasteiger partial charge < -0.3 is 15.3 Å². The second kappa shape index (κ2) is 7.95. The number of nitrogens with zero attached hydrogens (tertiary/aromatic N) is 1. The Morgan fingerprint density at radius 2 is 1.92 bits per heavy atom. The molecule has 130 valence electrons. The molecule has 0 saturated carbocycles. The summed E-state index contributed by atoms with van der Waals surface area (Å²) in [4.78, 5) is 36.5. The Morgan fingerprint density at radius 3 is 2.50 bits per heavy atom. The molecule has 2 N–H and O–H groups in total. The zero-order valence-corrected chi connectivity index (χ0v) is 14.1. The van der Waals surface area contributed by atoms with Crippen LogP contribution in [0.1, 0.15) is 48.5 Å². The highest BCUT2D eigenvalue weighted by molar-refractivity contribution is 5.87. The minimum absolute atomic E-state index is 0.0294. The summed E-state index contributed by atoms with van der Waals surface area (Å²) >= 11 is 0. The van der Waals surface area contributed by atoms with Gasteiger partial charge >= 0.3 is 5.97 Å². The molecule has 0 unspecified atom stereocenters. The maximum absolute atomic E-state index is 12.3. The van der Waals surface area contributed by atoms with E-state index in [4.69, 9.17) is 5.11 Å². The Balaban J connectivity index is 1.94. The number of hydrogen-bond acceptors (Lipinski definition) is 3. The van der Waals surface area contributed by atoms with Gasteiger partial charge in [0.1, 0.15) is 0 Å². The number of piperidine rings is 1. The maximum Gasteiger partial charge on any atom is 0.335 e. The summed E-state index contributed by atoms with van der Waals surface area (Å²) in [6.07, 6.45) is 1.86. The first-order valence-electron chi connectivity index (χ1n) is 8.27. The van der Waals surface area contributed by atoms with E-state index in [1.165, 1.54) is 0 Å². The molecular weight excluding hydrogens is 308 g/mol. The summed E-state index contributed by atoms with van der Waals surface area (Å²) in [7, 11) is 0. The van der Waals surface area contributed by atoms with Crippen molar-refractivity contribution in [3.63, 3.8) is 0 Å². The lowest BCUT2D eigenvalue weighted by atomic mass is 9.90. The van der Waals surface area contributed by atoms with E-state index >= 15 is 0 Å². The van der Waals surface area contributed by atoms with E-state index in [0.717, 1.165) is 18.4 Å². The summed E-state index contributed by atoms with van der Waals surface area (Å²) in [5.41, 5.74) is 1.31. The van der Waals surface area contributed by atoms with Crippen molar-refractivity contribution in [2.75, 3.05) is 19.6 Å². The molecule has 1 saturated heterocycles. The van der Waals surface area contributed by atoms with Crippen molar-refractivity contribution in [2.24, 2.45) is 5.92 Å². The molecular formula is C18H24N2O4. The van der Waals surface area contributed by atoms with Crippen molar-refractivity contribution >= 4 is 17.8 Å². The summed E-state index contributed by atoms with van der Waals surface area (Å²) in [6.45, 7) is 4.90. The molecule has 1 atom stereocenters. The van der Waals surface area contributed by atoms with Gasteiger partial charge in [0.2, 0.25) is 11.8 Å². The zero-order valence-electron chi connectivity index (χ0n) is 14.1. The third-order valence-electron chi connectivity index (χ3n) is 4.34. The third-order valence-corrected chi connectivity index (χ3v) is 4.34. The molecule has 0 aliphatic carbocycles. The Morgan fingerprint density at radius 1 is 1.25 bits per heavy atom. The molecule has 2 amide bonds. The predicted molar refractivity (Wildman–Crippen MR) is 89.8 cm³/mol. The fourth-order valence-corrected chi connectivity index (χ4v) is 2.85. The summed E-state index contributed by atoms with van der Waals surface area (Å²) < 4.78 is 0. The molecule has 2 rings (SSSR count). The Bertz CT molecular complexity index is 610. The highest BCUT2D eigenvalue weighted by Crippen LogP contribution is 2.27. The van der Waals surface area contributed by atoms with Crippen molar-refractivity contribution in [3.05, 3.63) is 35.4 Å². The number of rotatable bonds is 5. The number of benzene rings is 1. The number of hydrogen-bond donors (Lipinski definition) is 2. The SMILES string of the molecule is CC(C)C(=O)NCC(=O)N1CCC[C@H](c2ccc(C(=O)O)cc2)C1. The highest BCUT2D eigenvalue weighted by atomic mass is 16.4. The number of carbonyl (C=O) groups excluding carboxylic acids is 2. The fourth-order valence-electron chi connectivity index (χ4n) is 2.85. The van der Waals surface area contributed by atoms with Gasteiger partial charge in [0.15, 0.2) is 0 Å². The van der Waals surface area contributed by atoms with Gasteiger partial charge in [-0.15, -0.1) is 0 Å². The van der Waals surface area contributed by atoms with Crippen molar-refractivity contribution in [1.29, 1.82) is 0 Å². The number of likely N-dealkylation sites (tertiary alicyclic amines) is 1. The largest absolute Gasteiger partial charge is 0.478 e. The van der Waals surface area contributed by atoms with Crippen LogP contribution in [0.25, 0.3) is 0 Å². The zero-order chi connectivity index (χ0) is 17.7. The number of nitrogens with one attached hydrogen (secondary N) is 1. The van der Waals surface area contributed by atoms with E-state index < -0.39 is 5.97 Å². The van der Waals surface area contributed by atoms with Crippen molar-refractivity contribution in [1.82, 2.24) is 10.2 Å². The quantitative estimate of drug-likeness (QED) is 0.862. The standard InChI is InChI=1S/C18H24N2O4/c1-12(2)17(22)19-10-16(21)20-9-3-4-15(11-20)13-5-7-14(8-6-13)18(23)24/h5-8,12,15H,3-4,9-11H2,1-2H3,(H,19,22)(H,23,24)/t15-/m0/s1. The van der Waals surface area contributed by atoms with Crippen LogP contribution in [0.5, 0.6) is 0 Å². The van der Waals surface area contributed by atoms with Crippen molar-refractivity contribution in [3.8, 4) is 0 Å². The van der Waals surface area contributed by atoms with Crippen LogP contribution in [0, 0.1) is 5.92 Å². The van der Waals surface area contributed by atoms with Gasteiger partial charge in [0.25, 0.3) is 0 Å². The number of carbonyl (C=O) groups is 3. The molecule has 1 heterocycles. The van der Waals surface area contributed by atoms with Crippen LogP contribution < -0.4 is 5.32 Å². The number of aromatic carboxylic acids is 1. The highest BCUT2D eigenvalue weighted by Gasteiger charge is 2.25. The normalized spacial score (nSPS) is 17.6. The average molecular weight is 332 g/mol. The first-order valence-corrected chi connectivity index (χ1v) is 8.27. The van der Waals surface area contributed by atoms with E-state index in [-0.39, 0.29) is 35.8 Å². The van der Waals surface area contributed by atoms with Crippen LogP contribution >= 0.6 is 0 Å². The summed E-state index contributed by atoms with van der Waals surface area (Å²) in [5, 5.41) is 11.6. The van der Waals surface area contributed by atoms with Crippen LogP contribution in [0.4, 0.5) is 0 Å². The van der Waals surface area contributed by atoms with Crippen LogP contribution in [-0.4, -0.2) is 47.4 Å². The summed E-state index contributed by atoms with van der Waals surface area (Å²) in [5.74, 6) is -1.08. The number of carboxylic acids is 1. The molecule has 1 fully saturated rings. The molecule has 24 heavy (non-hydrogen) atoms. The predicted octanol–water partition coefficient (Wildman–Crippen LogP) is 1.86. The van der Waals surface area contributed by atoms with Crippen LogP contribution in [-0.2, 0) is 9.59 Å². The van der Waals surface area contributed by atoms with E-state index in [1.54, 1.807) is 30.9 Å². The topological polar surface area (TPSA) is 86.7 Å². The minimum Gasteiger partial charge on any atom is -0.478 e. The Labute approximate surface area is 141 Å². The van der Waals surface area contributed by atoms with Gasteiger partial charge in [0, 0.05) is 24.9 Å². The Hall–Kier alpha value is -2.37. The minimum atomic E-state index is -0.942. The smallest absolute Gasteiger partial charge is 0.335 e. The van der Waals surface area contributed by atoms with Crippen molar-refractivity contribution < 1.29 is 19.5 Å². The fraction of sp³-hybridized carbons (Fsp3) is 0.500. The molecule has 6 nitrogen and oxygen atoms in total. The Kier molecular flexibility index (Phi) is 5.95. The molecule has 0 spiro atoms. The molecule has 1 aliphatic heterocycles. The summed E-state index contributed by atoms with van der Waals surface area (Å²) in [6, 6.07) is 6.84. The van der Waals surface area contributed by atoms with Crippen LogP contribution in [0.15, 0.2) is 24.3 Å². The van der Waals surface area contributed by atoms with Gasteiger partial charge in [-0.1, -0.05) is 26.0 Å². The van der Waals surface area contributed by atoms with Crippen molar-refractivity contribution in [2.45, 2.75) is 32.6 Å². The van der Waals surface area contributed by atoms with Gasteiger partial charge in [-0.25, -0.2) is 4.79 Å². The second-order valence-corrected chi connectivity index (χ2v) is 6.48. The second-order valence-electron chi connectivity index (χ2n) is 6.48. The first kappa shape index (κ1) is 18.0. The van der Waals surface area contributed by atoms with Gasteiger partial charge in [0.05, 0.1) is 12.1 Å². The lowest BCUT2D eigenvalue weighted by molar-refractivity contribution is -0.134. The number of amides is 2. The molecule has 1 aromatic carbocycles. The average Bonchev–Trinajstić information content (AvgIpc) is 2.59. The van der Waals surface area contributed by atoms with E-state index in [2.05, 4.69) is 5.32 Å². The monoisotopic (exact) mass is 332 g/mol. The van der Waals surface area contributed by atoms with E-state index in [9.17, 15) is 14.4 Å². The number of carboxylic acid groups (broad SMARTS) is 1. The van der Waals surface area contributed by atoms with E-state index in [0.29, 0.717) is 13.1 Å². The molecule has 1 aromatic rings. The van der Waals surface area contributed by atoms with Gasteiger partial charge in [-0.3, -0.25) is 9.59 Å². The lowest BCUT2D eigenvalue weighted by Crippen LogP contribution is -2.45. The molecule has 0 radical (unpaired) electrons. The molecule has 1 aliphatic rings. The molecule has 0 bridgehead atoms. The lowest BCUT2D eigenvalue weighted by Gasteiger charge is -2.33. The maximum atomic E-state index is 12.3. The van der Waals surface area contributed by atoms with Crippen LogP contribution in [0.3, 0.4) is 0 Å². The van der Waals surface area contributed by atoms with E-state index in [1.807, 2.05) is 12.1 Å².